The Morgan fingerprint density at radius 1 is 1.27 bits per heavy atom. The molecule has 0 spiro atoms. The first kappa shape index (κ1) is 19.1. The van der Waals surface area contributed by atoms with E-state index in [2.05, 4.69) is 11.3 Å². The highest BCUT2D eigenvalue weighted by Gasteiger charge is 2.31. The van der Waals surface area contributed by atoms with E-state index in [9.17, 15) is 23.3 Å². The molecule has 0 saturated carbocycles. The molecule has 0 aliphatic rings. The zero-order valence-electron chi connectivity index (χ0n) is 13.9. The topological polar surface area (TPSA) is 107 Å². The molecular formula is C17H16N2O6S. The summed E-state index contributed by atoms with van der Waals surface area (Å²) in [7, 11) is -3.06. The zero-order valence-corrected chi connectivity index (χ0v) is 14.7. The molecule has 26 heavy (non-hydrogen) atoms. The standard InChI is InChI=1S/C17H16N2O6S/c1-3-11-18(14-8-6-7-13(12-14)17(20)25-2)26(23,24)16-10-5-4-9-15(16)19(21)22/h3-10,12H,1,11H2,2H3. The molecule has 0 radical (unpaired) electrons. The van der Waals surface area contributed by atoms with Gasteiger partial charge in [-0.3, -0.25) is 14.4 Å². The Labute approximate surface area is 150 Å². The van der Waals surface area contributed by atoms with Gasteiger partial charge in [0.2, 0.25) is 0 Å². The van der Waals surface area contributed by atoms with Crippen LogP contribution >= 0.6 is 0 Å². The number of nitro groups is 1. The molecule has 0 bridgehead atoms. The summed E-state index contributed by atoms with van der Waals surface area (Å²) >= 11 is 0. The van der Waals surface area contributed by atoms with Crippen LogP contribution in [0.3, 0.4) is 0 Å². The van der Waals surface area contributed by atoms with Crippen molar-refractivity contribution in [1.82, 2.24) is 0 Å². The van der Waals surface area contributed by atoms with Gasteiger partial charge in [0, 0.05) is 6.07 Å². The van der Waals surface area contributed by atoms with E-state index < -0.39 is 31.5 Å². The molecule has 0 aromatic heterocycles. The number of benzene rings is 2. The molecule has 0 atom stereocenters. The normalized spacial score (nSPS) is 10.8. The number of nitro benzene ring substituents is 1. The van der Waals surface area contributed by atoms with Crippen molar-refractivity contribution in [2.75, 3.05) is 18.0 Å². The number of carbonyl (C=O) groups is 1. The first-order chi connectivity index (χ1) is 12.3. The van der Waals surface area contributed by atoms with Gasteiger partial charge in [0.1, 0.15) is 0 Å². The number of nitrogens with zero attached hydrogens (tertiary/aromatic N) is 2. The lowest BCUT2D eigenvalue weighted by Crippen LogP contribution is -2.31. The first-order valence-corrected chi connectivity index (χ1v) is 8.82. The summed E-state index contributed by atoms with van der Waals surface area (Å²) in [5.74, 6) is -0.631. The summed E-state index contributed by atoms with van der Waals surface area (Å²) in [5.41, 5.74) is -0.228. The van der Waals surface area contributed by atoms with Gasteiger partial charge in [0.05, 0.1) is 29.8 Å². The van der Waals surface area contributed by atoms with Crippen LogP contribution in [-0.4, -0.2) is 33.0 Å². The van der Waals surface area contributed by atoms with Crippen molar-refractivity contribution in [3.05, 3.63) is 76.9 Å². The minimum absolute atomic E-state index is 0.140. The Bertz CT molecular complexity index is 955. The predicted molar refractivity (Wildman–Crippen MR) is 95.6 cm³/mol. The monoisotopic (exact) mass is 376 g/mol. The van der Waals surface area contributed by atoms with Crippen LogP contribution in [0.5, 0.6) is 0 Å². The van der Waals surface area contributed by atoms with Crippen LogP contribution < -0.4 is 4.31 Å². The number of methoxy groups -OCH3 is 1. The maximum absolute atomic E-state index is 13.1. The molecule has 2 aromatic carbocycles. The second-order valence-electron chi connectivity index (χ2n) is 5.09. The Morgan fingerprint density at radius 3 is 2.58 bits per heavy atom. The van der Waals surface area contributed by atoms with E-state index in [4.69, 9.17) is 0 Å². The van der Waals surface area contributed by atoms with Crippen molar-refractivity contribution in [2.24, 2.45) is 0 Å². The minimum Gasteiger partial charge on any atom is -0.465 e. The van der Waals surface area contributed by atoms with E-state index >= 15 is 0 Å². The molecular weight excluding hydrogens is 360 g/mol. The lowest BCUT2D eigenvalue weighted by Gasteiger charge is -2.23. The van der Waals surface area contributed by atoms with Gasteiger partial charge in [-0.05, 0) is 24.3 Å². The van der Waals surface area contributed by atoms with Crippen LogP contribution in [0.4, 0.5) is 11.4 Å². The highest BCUT2D eigenvalue weighted by Crippen LogP contribution is 2.30. The fourth-order valence-corrected chi connectivity index (χ4v) is 3.90. The van der Waals surface area contributed by atoms with Crippen molar-refractivity contribution in [1.29, 1.82) is 0 Å². The van der Waals surface area contributed by atoms with E-state index in [0.717, 1.165) is 16.4 Å². The smallest absolute Gasteiger partial charge is 0.337 e. The van der Waals surface area contributed by atoms with E-state index in [1.807, 2.05) is 0 Å². The molecule has 8 nitrogen and oxygen atoms in total. The maximum Gasteiger partial charge on any atom is 0.337 e. The average Bonchev–Trinajstić information content (AvgIpc) is 2.65. The number of esters is 1. The van der Waals surface area contributed by atoms with Crippen LogP contribution in [0, 0.1) is 10.1 Å². The van der Waals surface area contributed by atoms with Gasteiger partial charge >= 0.3 is 5.97 Å². The number of hydrogen-bond donors (Lipinski definition) is 0. The number of para-hydroxylation sites is 1. The highest BCUT2D eigenvalue weighted by molar-refractivity contribution is 7.93. The Balaban J connectivity index is 2.62. The summed E-state index contributed by atoms with van der Waals surface area (Å²) in [5, 5.41) is 11.2. The number of carbonyl (C=O) groups excluding carboxylic acids is 1. The molecule has 0 N–H and O–H groups in total. The largest absolute Gasteiger partial charge is 0.465 e. The number of anilines is 1. The second kappa shape index (κ2) is 7.79. The highest BCUT2D eigenvalue weighted by atomic mass is 32.2. The number of hydrogen-bond acceptors (Lipinski definition) is 6. The van der Waals surface area contributed by atoms with Gasteiger partial charge in [-0.2, -0.15) is 0 Å². The van der Waals surface area contributed by atoms with Crippen LogP contribution in [0.1, 0.15) is 10.4 Å². The molecule has 0 fully saturated rings. The Hall–Kier alpha value is -3.20. The average molecular weight is 376 g/mol. The van der Waals surface area contributed by atoms with Crippen LogP contribution in [0.2, 0.25) is 0 Å². The quantitative estimate of drug-likeness (QED) is 0.318. The zero-order chi connectivity index (χ0) is 19.3. The van der Waals surface area contributed by atoms with Gasteiger partial charge in [0.15, 0.2) is 4.90 Å². The molecule has 136 valence electrons. The number of ether oxygens (including phenoxy) is 1. The molecule has 2 aromatic rings. The predicted octanol–water partition coefficient (Wildman–Crippen LogP) is 2.76. The Morgan fingerprint density at radius 2 is 1.96 bits per heavy atom. The fourth-order valence-electron chi connectivity index (χ4n) is 2.31. The van der Waals surface area contributed by atoms with Gasteiger partial charge in [-0.15, -0.1) is 6.58 Å². The van der Waals surface area contributed by atoms with Gasteiger partial charge < -0.3 is 4.74 Å². The molecule has 0 saturated heterocycles. The molecule has 0 amide bonds. The molecule has 9 heteroatoms. The van der Waals surface area contributed by atoms with E-state index in [1.54, 1.807) is 0 Å². The minimum atomic E-state index is -4.27. The summed E-state index contributed by atoms with van der Waals surface area (Å²) in [6, 6.07) is 10.8. The number of rotatable bonds is 7. The van der Waals surface area contributed by atoms with Crippen molar-refractivity contribution in [3.63, 3.8) is 0 Å². The third-order valence-corrected chi connectivity index (χ3v) is 5.32. The maximum atomic E-state index is 13.1. The van der Waals surface area contributed by atoms with Crippen molar-refractivity contribution in [3.8, 4) is 0 Å². The van der Waals surface area contributed by atoms with Crippen molar-refractivity contribution in [2.45, 2.75) is 4.90 Å². The molecule has 0 unspecified atom stereocenters. The Kier molecular flexibility index (Phi) is 5.73. The summed E-state index contributed by atoms with van der Waals surface area (Å²) in [6.45, 7) is 3.39. The lowest BCUT2D eigenvalue weighted by atomic mass is 10.2. The summed E-state index contributed by atoms with van der Waals surface area (Å²) in [6.07, 6.45) is 1.34. The van der Waals surface area contributed by atoms with Gasteiger partial charge in [0.25, 0.3) is 15.7 Å². The van der Waals surface area contributed by atoms with Crippen LogP contribution in [0.15, 0.2) is 66.1 Å². The van der Waals surface area contributed by atoms with Crippen LogP contribution in [0.25, 0.3) is 0 Å². The fraction of sp³-hybridized carbons (Fsp3) is 0.118. The SMILES string of the molecule is C=CCN(c1cccc(C(=O)OC)c1)S(=O)(=O)c1ccccc1[N+](=O)[O-]. The van der Waals surface area contributed by atoms with Gasteiger partial charge in [-0.25, -0.2) is 13.2 Å². The van der Waals surface area contributed by atoms with Crippen LogP contribution in [-0.2, 0) is 14.8 Å². The molecule has 2 rings (SSSR count). The van der Waals surface area contributed by atoms with E-state index in [0.29, 0.717) is 0 Å². The van der Waals surface area contributed by atoms with Crippen molar-refractivity contribution < 1.29 is 22.9 Å². The third-order valence-electron chi connectivity index (χ3n) is 3.48. The molecule has 0 heterocycles. The lowest BCUT2D eigenvalue weighted by molar-refractivity contribution is -0.387. The third kappa shape index (κ3) is 3.72. The van der Waals surface area contributed by atoms with Crippen molar-refractivity contribution >= 4 is 27.4 Å². The second-order valence-corrected chi connectivity index (χ2v) is 6.92. The van der Waals surface area contributed by atoms with Gasteiger partial charge in [-0.1, -0.05) is 24.3 Å². The first-order valence-electron chi connectivity index (χ1n) is 7.38. The number of sulfonamides is 1. The molecule has 0 aliphatic carbocycles. The summed E-state index contributed by atoms with van der Waals surface area (Å²) < 4.78 is 31.7. The molecule has 0 aliphatic heterocycles. The van der Waals surface area contributed by atoms with E-state index in [1.165, 1.54) is 49.6 Å². The summed E-state index contributed by atoms with van der Waals surface area (Å²) in [4.78, 5) is 21.7. The van der Waals surface area contributed by atoms with E-state index in [-0.39, 0.29) is 17.8 Å².